The first-order valence-corrected chi connectivity index (χ1v) is 3.52. The van der Waals surface area contributed by atoms with E-state index in [2.05, 4.69) is 11.3 Å². The van der Waals surface area contributed by atoms with Crippen molar-refractivity contribution in [2.45, 2.75) is 20.3 Å². The highest BCUT2D eigenvalue weighted by Crippen LogP contribution is 1.99. The summed E-state index contributed by atoms with van der Waals surface area (Å²) in [6, 6.07) is 0. The van der Waals surface area contributed by atoms with Gasteiger partial charge in [-0.05, 0) is 6.92 Å². The molecule has 0 aliphatic heterocycles. The summed E-state index contributed by atoms with van der Waals surface area (Å²) in [7, 11) is 0. The highest BCUT2D eigenvalue weighted by Gasteiger charge is 2.13. The molecule has 0 aromatic rings. The number of Topliss-reactive ketones (excluding diaryl/α,β-unsaturated/α-hetero) is 1. The Morgan fingerprint density at radius 1 is 1.36 bits per heavy atom. The molecule has 0 unspecified atom stereocenters. The molecule has 0 aliphatic carbocycles. The first kappa shape index (κ1) is 9.88. The van der Waals surface area contributed by atoms with E-state index in [-0.39, 0.29) is 24.4 Å². The SMILES string of the molecule is C=C(C(=O)CC)C(=O)OCC. The Morgan fingerprint density at radius 3 is 2.27 bits per heavy atom. The van der Waals surface area contributed by atoms with Gasteiger partial charge in [-0.3, -0.25) is 4.79 Å². The van der Waals surface area contributed by atoms with Crippen LogP contribution in [0, 0.1) is 0 Å². The highest BCUT2D eigenvalue weighted by atomic mass is 16.5. The number of ketones is 1. The van der Waals surface area contributed by atoms with Crippen LogP contribution in [0.5, 0.6) is 0 Å². The van der Waals surface area contributed by atoms with Gasteiger partial charge in [-0.15, -0.1) is 0 Å². The number of hydrogen-bond donors (Lipinski definition) is 0. The van der Waals surface area contributed by atoms with Crippen molar-refractivity contribution in [1.29, 1.82) is 0 Å². The maximum atomic E-state index is 10.8. The fourth-order valence-electron chi connectivity index (χ4n) is 0.545. The van der Waals surface area contributed by atoms with Gasteiger partial charge in [0.15, 0.2) is 5.78 Å². The molecule has 62 valence electrons. The van der Waals surface area contributed by atoms with Crippen molar-refractivity contribution in [1.82, 2.24) is 0 Å². The number of hydrogen-bond acceptors (Lipinski definition) is 3. The second kappa shape index (κ2) is 4.66. The van der Waals surface area contributed by atoms with Gasteiger partial charge in [-0.25, -0.2) is 4.79 Å². The molecule has 0 N–H and O–H groups in total. The average Bonchev–Trinajstić information content (AvgIpc) is 2.02. The third-order valence-electron chi connectivity index (χ3n) is 1.18. The van der Waals surface area contributed by atoms with Crippen LogP contribution in [0.2, 0.25) is 0 Å². The molecule has 0 aromatic heterocycles. The molecule has 11 heavy (non-hydrogen) atoms. The van der Waals surface area contributed by atoms with Crippen LogP contribution in [0.25, 0.3) is 0 Å². The summed E-state index contributed by atoms with van der Waals surface area (Å²) < 4.78 is 4.57. The van der Waals surface area contributed by atoms with Gasteiger partial charge in [0, 0.05) is 6.42 Å². The summed E-state index contributed by atoms with van der Waals surface area (Å²) in [6.07, 6.45) is 0.289. The smallest absolute Gasteiger partial charge is 0.341 e. The summed E-state index contributed by atoms with van der Waals surface area (Å²) in [5.41, 5.74) is -0.0608. The fraction of sp³-hybridized carbons (Fsp3) is 0.500. The van der Waals surface area contributed by atoms with Gasteiger partial charge in [0.1, 0.15) is 0 Å². The molecule has 0 aromatic carbocycles. The number of ether oxygens (including phenoxy) is 1. The number of esters is 1. The minimum absolute atomic E-state index is 0.0608. The molecule has 0 amide bonds. The van der Waals surface area contributed by atoms with Crippen LogP contribution in [0.1, 0.15) is 20.3 Å². The minimum atomic E-state index is -0.612. The first-order valence-electron chi connectivity index (χ1n) is 3.52. The molecule has 0 saturated heterocycles. The maximum absolute atomic E-state index is 10.8. The van der Waals surface area contributed by atoms with E-state index in [9.17, 15) is 9.59 Å². The Hall–Kier alpha value is -1.12. The summed E-state index contributed by atoms with van der Waals surface area (Å²) in [5.74, 6) is -0.872. The molecule has 0 heterocycles. The molecule has 3 heteroatoms. The Balaban J connectivity index is 4.03. The van der Waals surface area contributed by atoms with Crippen LogP contribution in [0.3, 0.4) is 0 Å². The molecule has 3 nitrogen and oxygen atoms in total. The van der Waals surface area contributed by atoms with Gasteiger partial charge >= 0.3 is 5.97 Å². The predicted molar refractivity (Wildman–Crippen MR) is 41.1 cm³/mol. The zero-order valence-electron chi connectivity index (χ0n) is 6.85. The van der Waals surface area contributed by atoms with Gasteiger partial charge in [-0.2, -0.15) is 0 Å². The van der Waals surface area contributed by atoms with Gasteiger partial charge in [0.2, 0.25) is 0 Å². The second-order valence-electron chi connectivity index (χ2n) is 1.98. The quantitative estimate of drug-likeness (QED) is 0.265. The molecule has 0 aliphatic rings. The minimum Gasteiger partial charge on any atom is -0.462 e. The largest absolute Gasteiger partial charge is 0.462 e. The highest BCUT2D eigenvalue weighted by molar-refractivity contribution is 6.16. The van der Waals surface area contributed by atoms with Crippen LogP contribution in [0.4, 0.5) is 0 Å². The fourth-order valence-corrected chi connectivity index (χ4v) is 0.545. The third-order valence-corrected chi connectivity index (χ3v) is 1.18. The number of carbonyl (C=O) groups is 2. The van der Waals surface area contributed by atoms with Gasteiger partial charge in [0.05, 0.1) is 12.2 Å². The van der Waals surface area contributed by atoms with Crippen LogP contribution in [0.15, 0.2) is 12.2 Å². The van der Waals surface area contributed by atoms with E-state index in [0.29, 0.717) is 0 Å². The number of carbonyl (C=O) groups excluding carboxylic acids is 2. The van der Waals surface area contributed by atoms with Crippen molar-refractivity contribution in [3.8, 4) is 0 Å². The van der Waals surface area contributed by atoms with E-state index in [1.165, 1.54) is 0 Å². The topological polar surface area (TPSA) is 43.4 Å². The molecule has 0 fully saturated rings. The summed E-state index contributed by atoms with van der Waals surface area (Å²) in [5, 5.41) is 0. The van der Waals surface area contributed by atoms with E-state index in [4.69, 9.17) is 0 Å². The van der Waals surface area contributed by atoms with Crippen LogP contribution in [-0.2, 0) is 14.3 Å². The van der Waals surface area contributed by atoms with Crippen LogP contribution < -0.4 is 0 Å². The molecule has 0 bridgehead atoms. The van der Waals surface area contributed by atoms with Crippen molar-refractivity contribution in [3.05, 3.63) is 12.2 Å². The Bertz CT molecular complexity index is 182. The van der Waals surface area contributed by atoms with Crippen molar-refractivity contribution < 1.29 is 14.3 Å². The third kappa shape index (κ3) is 2.98. The zero-order chi connectivity index (χ0) is 8.85. The van der Waals surface area contributed by atoms with Gasteiger partial charge < -0.3 is 4.74 Å². The van der Waals surface area contributed by atoms with E-state index >= 15 is 0 Å². The van der Waals surface area contributed by atoms with E-state index in [1.54, 1.807) is 13.8 Å². The lowest BCUT2D eigenvalue weighted by molar-refractivity contribution is -0.139. The molecule has 0 saturated carbocycles. The Morgan fingerprint density at radius 2 is 1.91 bits per heavy atom. The average molecular weight is 156 g/mol. The molecular formula is C8H12O3. The van der Waals surface area contributed by atoms with Crippen molar-refractivity contribution in [2.24, 2.45) is 0 Å². The molecule has 0 radical (unpaired) electrons. The lowest BCUT2D eigenvalue weighted by Crippen LogP contribution is -2.13. The summed E-state index contributed by atoms with van der Waals surface area (Å²) in [6.45, 7) is 6.95. The first-order chi connectivity index (χ1) is 5.13. The predicted octanol–water partition coefficient (Wildman–Crippen LogP) is 1.08. The standard InChI is InChI=1S/C8H12O3/c1-4-7(9)6(3)8(10)11-5-2/h3-5H2,1-2H3. The van der Waals surface area contributed by atoms with Gasteiger partial charge in [-0.1, -0.05) is 13.5 Å². The number of rotatable bonds is 4. The van der Waals surface area contributed by atoms with Crippen molar-refractivity contribution >= 4 is 11.8 Å². The van der Waals surface area contributed by atoms with Gasteiger partial charge in [0.25, 0.3) is 0 Å². The Kier molecular flexibility index (Phi) is 4.18. The van der Waals surface area contributed by atoms with Crippen LogP contribution in [-0.4, -0.2) is 18.4 Å². The van der Waals surface area contributed by atoms with E-state index < -0.39 is 5.97 Å². The van der Waals surface area contributed by atoms with E-state index in [0.717, 1.165) is 0 Å². The molecule has 0 rings (SSSR count). The molecule has 0 atom stereocenters. The zero-order valence-corrected chi connectivity index (χ0v) is 6.85. The van der Waals surface area contributed by atoms with Crippen molar-refractivity contribution in [3.63, 3.8) is 0 Å². The monoisotopic (exact) mass is 156 g/mol. The maximum Gasteiger partial charge on any atom is 0.341 e. The lowest BCUT2D eigenvalue weighted by Gasteiger charge is -2.01. The Labute approximate surface area is 66.0 Å². The summed E-state index contributed by atoms with van der Waals surface area (Å²) in [4.78, 5) is 21.6. The normalized spacial score (nSPS) is 8.91. The lowest BCUT2D eigenvalue weighted by atomic mass is 10.1. The molecular weight excluding hydrogens is 144 g/mol. The van der Waals surface area contributed by atoms with E-state index in [1.807, 2.05) is 0 Å². The molecule has 0 spiro atoms. The van der Waals surface area contributed by atoms with Crippen molar-refractivity contribution in [2.75, 3.05) is 6.61 Å². The second-order valence-corrected chi connectivity index (χ2v) is 1.98. The van der Waals surface area contributed by atoms with Crippen LogP contribution >= 0.6 is 0 Å². The summed E-state index contributed by atoms with van der Waals surface area (Å²) >= 11 is 0.